The summed E-state index contributed by atoms with van der Waals surface area (Å²) in [6, 6.07) is 0.457. The molecule has 3 aliphatic carbocycles. The average Bonchev–Trinajstić information content (AvgIpc) is 2.89. The van der Waals surface area contributed by atoms with Gasteiger partial charge in [-0.2, -0.15) is 0 Å². The van der Waals surface area contributed by atoms with Gasteiger partial charge in [-0.15, -0.1) is 0 Å². The molecule has 0 aromatic heterocycles. The molecule has 0 aromatic carbocycles. The van der Waals surface area contributed by atoms with E-state index in [-0.39, 0.29) is 0 Å². The first-order valence-electron chi connectivity index (χ1n) is 6.67. The van der Waals surface area contributed by atoms with Crippen molar-refractivity contribution in [2.75, 3.05) is 0 Å². The van der Waals surface area contributed by atoms with Crippen LogP contribution in [0.5, 0.6) is 0 Å². The van der Waals surface area contributed by atoms with E-state index in [2.05, 4.69) is 21.2 Å². The van der Waals surface area contributed by atoms with Crippen LogP contribution in [0.3, 0.4) is 0 Å². The molecular weight excluding hydrogens is 266 g/mol. The highest BCUT2D eigenvalue weighted by molar-refractivity contribution is 9.09. The van der Waals surface area contributed by atoms with E-state index in [0.717, 1.165) is 24.7 Å². The minimum Gasteiger partial charge on any atom is -0.353 e. The summed E-state index contributed by atoms with van der Waals surface area (Å²) < 4.78 is 0. The number of halogens is 1. The van der Waals surface area contributed by atoms with E-state index >= 15 is 0 Å². The quantitative estimate of drug-likeness (QED) is 0.777. The minimum atomic E-state index is 0.352. The van der Waals surface area contributed by atoms with Gasteiger partial charge in [-0.25, -0.2) is 0 Å². The summed E-state index contributed by atoms with van der Waals surface area (Å²) in [5, 5.41) is 3.26. The van der Waals surface area contributed by atoms with E-state index < -0.39 is 0 Å². The van der Waals surface area contributed by atoms with Crippen LogP contribution in [0.25, 0.3) is 0 Å². The van der Waals surface area contributed by atoms with Crippen molar-refractivity contribution in [1.82, 2.24) is 5.32 Å². The van der Waals surface area contributed by atoms with Crippen molar-refractivity contribution in [1.29, 1.82) is 0 Å². The first-order chi connectivity index (χ1) is 7.72. The number of fused-ring (bicyclic) bond motifs is 1. The summed E-state index contributed by atoms with van der Waals surface area (Å²) in [6.45, 7) is 0. The number of amides is 1. The molecule has 3 aliphatic rings. The fraction of sp³-hybridized carbons (Fsp3) is 0.923. The Balaban J connectivity index is 1.45. The van der Waals surface area contributed by atoms with Crippen molar-refractivity contribution in [3.63, 3.8) is 0 Å². The summed E-state index contributed by atoms with van der Waals surface area (Å²) in [6.07, 6.45) is 8.47. The first kappa shape index (κ1) is 11.1. The molecule has 2 nitrogen and oxygen atoms in total. The van der Waals surface area contributed by atoms with Crippen molar-refractivity contribution < 1.29 is 4.79 Å². The maximum Gasteiger partial charge on any atom is 0.223 e. The van der Waals surface area contributed by atoms with Crippen LogP contribution in [0.1, 0.15) is 44.9 Å². The zero-order valence-corrected chi connectivity index (χ0v) is 11.2. The van der Waals surface area contributed by atoms with E-state index in [0.29, 0.717) is 22.7 Å². The summed E-state index contributed by atoms with van der Waals surface area (Å²) >= 11 is 3.65. The summed E-state index contributed by atoms with van der Waals surface area (Å²) in [7, 11) is 0. The van der Waals surface area contributed by atoms with Crippen LogP contribution in [0.2, 0.25) is 0 Å². The van der Waals surface area contributed by atoms with Gasteiger partial charge in [-0.3, -0.25) is 4.79 Å². The molecule has 0 radical (unpaired) electrons. The average molecular weight is 286 g/mol. The topological polar surface area (TPSA) is 29.1 Å². The van der Waals surface area contributed by atoms with Crippen LogP contribution in [0.4, 0.5) is 0 Å². The molecule has 0 spiro atoms. The Morgan fingerprint density at radius 1 is 1.00 bits per heavy atom. The van der Waals surface area contributed by atoms with Gasteiger partial charge in [0, 0.05) is 16.8 Å². The molecule has 0 aliphatic heterocycles. The van der Waals surface area contributed by atoms with Gasteiger partial charge < -0.3 is 5.32 Å². The summed E-state index contributed by atoms with van der Waals surface area (Å²) in [5.74, 6) is 2.53. The Hall–Kier alpha value is -0.0500. The second-order valence-electron chi connectivity index (χ2n) is 5.88. The fourth-order valence-corrected chi connectivity index (χ4v) is 3.97. The molecule has 0 bridgehead atoms. The lowest BCUT2D eigenvalue weighted by molar-refractivity contribution is -0.126. The Morgan fingerprint density at radius 3 is 2.25 bits per heavy atom. The Kier molecular flexibility index (Phi) is 2.99. The minimum absolute atomic E-state index is 0.352. The molecule has 3 saturated carbocycles. The lowest BCUT2D eigenvalue weighted by atomic mass is 9.94. The van der Waals surface area contributed by atoms with Crippen LogP contribution in [-0.4, -0.2) is 16.8 Å². The predicted molar refractivity (Wildman–Crippen MR) is 67.4 cm³/mol. The second kappa shape index (κ2) is 4.32. The predicted octanol–water partition coefficient (Wildman–Crippen LogP) is 2.85. The van der Waals surface area contributed by atoms with Gasteiger partial charge in [0.1, 0.15) is 0 Å². The van der Waals surface area contributed by atoms with Crippen molar-refractivity contribution in [3.05, 3.63) is 0 Å². The van der Waals surface area contributed by atoms with Gasteiger partial charge in [0.15, 0.2) is 0 Å². The van der Waals surface area contributed by atoms with Crippen LogP contribution in [-0.2, 0) is 4.79 Å². The third-order valence-corrected chi connectivity index (χ3v) is 5.53. The molecule has 3 fully saturated rings. The normalized spacial score (nSPS) is 46.2. The van der Waals surface area contributed by atoms with Crippen molar-refractivity contribution in [2.45, 2.75) is 55.8 Å². The molecule has 2 atom stereocenters. The number of rotatable bonds is 2. The molecule has 1 N–H and O–H groups in total. The molecule has 0 heterocycles. The lowest BCUT2D eigenvalue weighted by Crippen LogP contribution is -2.40. The first-order valence-corrected chi connectivity index (χ1v) is 7.58. The molecule has 90 valence electrons. The van der Waals surface area contributed by atoms with Crippen molar-refractivity contribution >= 4 is 21.8 Å². The lowest BCUT2D eigenvalue weighted by Gasteiger charge is -2.27. The Morgan fingerprint density at radius 2 is 1.62 bits per heavy atom. The fourth-order valence-electron chi connectivity index (χ4n) is 3.44. The van der Waals surface area contributed by atoms with Gasteiger partial charge in [-0.1, -0.05) is 15.9 Å². The third kappa shape index (κ3) is 2.29. The van der Waals surface area contributed by atoms with E-state index in [1.54, 1.807) is 0 Å². The van der Waals surface area contributed by atoms with Gasteiger partial charge in [-0.05, 0) is 56.8 Å². The SMILES string of the molecule is O=C(NC1CCC(Br)CC1)C1CC2CC2C1. The van der Waals surface area contributed by atoms with Gasteiger partial charge in [0.25, 0.3) is 0 Å². The zero-order chi connectivity index (χ0) is 11.1. The number of hydrogen-bond donors (Lipinski definition) is 1. The highest BCUT2D eigenvalue weighted by atomic mass is 79.9. The largest absolute Gasteiger partial charge is 0.353 e. The van der Waals surface area contributed by atoms with Gasteiger partial charge in [0.05, 0.1) is 0 Å². The molecule has 0 saturated heterocycles. The van der Waals surface area contributed by atoms with Crippen LogP contribution < -0.4 is 5.32 Å². The zero-order valence-electron chi connectivity index (χ0n) is 9.62. The number of nitrogens with one attached hydrogen (secondary N) is 1. The second-order valence-corrected chi connectivity index (χ2v) is 7.18. The Labute approximate surface area is 106 Å². The van der Waals surface area contributed by atoms with E-state index in [9.17, 15) is 4.79 Å². The number of hydrogen-bond acceptors (Lipinski definition) is 1. The molecule has 2 unspecified atom stereocenters. The van der Waals surface area contributed by atoms with Crippen LogP contribution >= 0.6 is 15.9 Å². The van der Waals surface area contributed by atoms with Gasteiger partial charge in [0.2, 0.25) is 5.91 Å². The highest BCUT2D eigenvalue weighted by Crippen LogP contribution is 2.54. The molecular formula is C13H20BrNO. The standard InChI is InChI=1S/C13H20BrNO/c14-11-1-3-12(4-2-11)15-13(16)10-6-8-5-9(8)7-10/h8-12H,1-7H2,(H,15,16). The van der Waals surface area contributed by atoms with Crippen LogP contribution in [0.15, 0.2) is 0 Å². The van der Waals surface area contributed by atoms with Gasteiger partial charge >= 0.3 is 0 Å². The monoisotopic (exact) mass is 285 g/mol. The number of alkyl halides is 1. The summed E-state index contributed by atoms with van der Waals surface area (Å²) in [5.41, 5.74) is 0. The van der Waals surface area contributed by atoms with Crippen molar-refractivity contribution in [2.24, 2.45) is 17.8 Å². The number of carbonyl (C=O) groups is 1. The molecule has 0 aromatic rings. The maximum atomic E-state index is 12.0. The van der Waals surface area contributed by atoms with E-state index in [1.807, 2.05) is 0 Å². The molecule has 3 rings (SSSR count). The third-order valence-electron chi connectivity index (χ3n) is 4.62. The molecule has 3 heteroatoms. The molecule has 16 heavy (non-hydrogen) atoms. The van der Waals surface area contributed by atoms with Crippen LogP contribution in [0, 0.1) is 17.8 Å². The summed E-state index contributed by atoms with van der Waals surface area (Å²) in [4.78, 5) is 12.7. The van der Waals surface area contributed by atoms with E-state index in [4.69, 9.17) is 0 Å². The number of carbonyl (C=O) groups excluding carboxylic acids is 1. The highest BCUT2D eigenvalue weighted by Gasteiger charge is 2.48. The maximum absolute atomic E-state index is 12.0. The smallest absolute Gasteiger partial charge is 0.223 e. The molecule has 1 amide bonds. The van der Waals surface area contributed by atoms with Crippen molar-refractivity contribution in [3.8, 4) is 0 Å². The van der Waals surface area contributed by atoms with E-state index in [1.165, 1.54) is 32.1 Å². The Bertz CT molecular complexity index is 276.